The summed E-state index contributed by atoms with van der Waals surface area (Å²) >= 11 is 6.45. The van der Waals surface area contributed by atoms with Gasteiger partial charge in [-0.3, -0.25) is 9.78 Å². The van der Waals surface area contributed by atoms with E-state index < -0.39 is 11.4 Å². The molecule has 0 fully saturated rings. The Morgan fingerprint density at radius 3 is 2.93 bits per heavy atom. The third-order valence-corrected chi connectivity index (χ3v) is 5.58. The molecule has 0 saturated heterocycles. The molecular formula is C22H15ClN2O4. The van der Waals surface area contributed by atoms with E-state index in [1.807, 2.05) is 35.8 Å². The average Bonchev–Trinajstić information content (AvgIpc) is 2.71. The quantitative estimate of drug-likeness (QED) is 0.529. The molecule has 0 bridgehead atoms. The van der Waals surface area contributed by atoms with E-state index in [-0.39, 0.29) is 11.6 Å². The van der Waals surface area contributed by atoms with Crippen molar-refractivity contribution in [3.05, 3.63) is 69.6 Å². The van der Waals surface area contributed by atoms with Crippen LogP contribution in [0.4, 0.5) is 0 Å². The van der Waals surface area contributed by atoms with Crippen molar-refractivity contribution >= 4 is 39.4 Å². The Balaban J connectivity index is 1.85. The van der Waals surface area contributed by atoms with E-state index >= 15 is 0 Å². The molecular weight excluding hydrogens is 392 g/mol. The molecule has 7 heteroatoms. The van der Waals surface area contributed by atoms with Crippen molar-refractivity contribution in [2.75, 3.05) is 6.61 Å². The van der Waals surface area contributed by atoms with E-state index in [0.717, 1.165) is 16.5 Å². The maximum Gasteiger partial charge on any atom is 0.341 e. The lowest BCUT2D eigenvalue weighted by molar-refractivity contribution is 0.0694. The Hall–Kier alpha value is -3.38. The lowest BCUT2D eigenvalue weighted by Crippen LogP contribution is -2.26. The van der Waals surface area contributed by atoms with E-state index in [1.54, 1.807) is 18.3 Å². The van der Waals surface area contributed by atoms with Crippen molar-refractivity contribution in [2.45, 2.75) is 13.0 Å². The summed E-state index contributed by atoms with van der Waals surface area (Å²) in [4.78, 5) is 28.6. The molecule has 2 aromatic carbocycles. The fourth-order valence-electron chi connectivity index (χ4n) is 3.88. The Labute approximate surface area is 169 Å². The standard InChI is InChI=1S/C22H15ClN2O4/c1-11-10-29-21-14(13-7-12-3-2-6-24-18(12)17(23)8-13)4-5-15-19(21)25(11)9-16(20(15)26)22(27)28/h2-9,11H,10H2,1H3,(H,27,28). The Bertz CT molecular complexity index is 1390. The number of carboxylic acids is 1. The largest absolute Gasteiger partial charge is 0.489 e. The number of fused-ring (bicyclic) bond motifs is 1. The van der Waals surface area contributed by atoms with Crippen LogP contribution in [0.25, 0.3) is 32.9 Å². The number of rotatable bonds is 2. The molecule has 0 saturated carbocycles. The Morgan fingerprint density at radius 2 is 2.14 bits per heavy atom. The zero-order valence-electron chi connectivity index (χ0n) is 15.3. The highest BCUT2D eigenvalue weighted by atomic mass is 35.5. The zero-order chi connectivity index (χ0) is 20.3. The lowest BCUT2D eigenvalue weighted by atomic mass is 9.98. The topological polar surface area (TPSA) is 81.4 Å². The van der Waals surface area contributed by atoms with Gasteiger partial charge in [0.25, 0.3) is 0 Å². The summed E-state index contributed by atoms with van der Waals surface area (Å²) < 4.78 is 7.85. The van der Waals surface area contributed by atoms with Gasteiger partial charge in [-0.2, -0.15) is 0 Å². The van der Waals surface area contributed by atoms with Crippen LogP contribution in [0.3, 0.4) is 0 Å². The molecule has 144 valence electrons. The van der Waals surface area contributed by atoms with Gasteiger partial charge in [0.15, 0.2) is 5.75 Å². The predicted octanol–water partition coefficient (Wildman–Crippen LogP) is 4.52. The summed E-state index contributed by atoms with van der Waals surface area (Å²) in [7, 11) is 0. The van der Waals surface area contributed by atoms with Crippen molar-refractivity contribution in [3.63, 3.8) is 0 Å². The van der Waals surface area contributed by atoms with Crippen LogP contribution in [-0.2, 0) is 0 Å². The first-order chi connectivity index (χ1) is 14.0. The van der Waals surface area contributed by atoms with Crippen molar-refractivity contribution in [1.82, 2.24) is 9.55 Å². The van der Waals surface area contributed by atoms with Crippen molar-refractivity contribution < 1.29 is 14.6 Å². The number of nitrogens with zero attached hydrogens (tertiary/aromatic N) is 2. The molecule has 5 rings (SSSR count). The van der Waals surface area contributed by atoms with Gasteiger partial charge in [-0.05, 0) is 42.8 Å². The molecule has 0 radical (unpaired) electrons. The number of benzene rings is 2. The number of pyridine rings is 2. The van der Waals surface area contributed by atoms with Gasteiger partial charge in [-0.1, -0.05) is 17.7 Å². The second-order valence-electron chi connectivity index (χ2n) is 7.12. The molecule has 6 nitrogen and oxygen atoms in total. The predicted molar refractivity (Wildman–Crippen MR) is 111 cm³/mol. The zero-order valence-corrected chi connectivity index (χ0v) is 16.1. The summed E-state index contributed by atoms with van der Waals surface area (Å²) in [5, 5.41) is 11.2. The number of aromatic carboxylic acids is 1. The third kappa shape index (κ3) is 2.60. The summed E-state index contributed by atoms with van der Waals surface area (Å²) in [5.41, 5.74) is 2.17. The number of carboxylic acid groups (broad SMARTS) is 1. The number of halogens is 1. The van der Waals surface area contributed by atoms with Gasteiger partial charge < -0.3 is 14.4 Å². The minimum absolute atomic E-state index is 0.108. The molecule has 1 atom stereocenters. The summed E-state index contributed by atoms with van der Waals surface area (Å²) in [6, 6.07) is 10.9. The molecule has 0 aliphatic carbocycles. The molecule has 1 unspecified atom stereocenters. The van der Waals surface area contributed by atoms with Gasteiger partial charge in [-0.15, -0.1) is 0 Å². The van der Waals surface area contributed by atoms with Crippen LogP contribution in [0.15, 0.2) is 53.6 Å². The summed E-state index contributed by atoms with van der Waals surface area (Å²) in [6.07, 6.45) is 3.10. The average molecular weight is 407 g/mol. The van der Waals surface area contributed by atoms with Gasteiger partial charge in [0, 0.05) is 23.3 Å². The molecule has 2 aromatic heterocycles. The van der Waals surface area contributed by atoms with Crippen LogP contribution in [0.2, 0.25) is 5.02 Å². The highest BCUT2D eigenvalue weighted by Crippen LogP contribution is 2.41. The fourth-order valence-corrected chi connectivity index (χ4v) is 4.15. The van der Waals surface area contributed by atoms with Crippen LogP contribution < -0.4 is 10.2 Å². The minimum atomic E-state index is -1.24. The van der Waals surface area contributed by atoms with E-state index in [0.29, 0.717) is 33.8 Å². The second-order valence-corrected chi connectivity index (χ2v) is 7.52. The van der Waals surface area contributed by atoms with Gasteiger partial charge in [-0.25, -0.2) is 4.79 Å². The second kappa shape index (κ2) is 6.32. The molecule has 0 spiro atoms. The van der Waals surface area contributed by atoms with E-state index in [1.165, 1.54) is 6.20 Å². The van der Waals surface area contributed by atoms with Crippen molar-refractivity contribution in [1.29, 1.82) is 0 Å². The first-order valence-corrected chi connectivity index (χ1v) is 9.46. The monoisotopic (exact) mass is 406 g/mol. The Morgan fingerprint density at radius 1 is 1.31 bits per heavy atom. The van der Waals surface area contributed by atoms with Gasteiger partial charge in [0.1, 0.15) is 12.2 Å². The minimum Gasteiger partial charge on any atom is -0.489 e. The van der Waals surface area contributed by atoms with Crippen LogP contribution >= 0.6 is 11.6 Å². The van der Waals surface area contributed by atoms with Crippen LogP contribution in [0.5, 0.6) is 5.75 Å². The number of ether oxygens (including phenoxy) is 1. The van der Waals surface area contributed by atoms with Crippen molar-refractivity contribution in [2.24, 2.45) is 0 Å². The highest BCUT2D eigenvalue weighted by Gasteiger charge is 2.26. The van der Waals surface area contributed by atoms with Gasteiger partial charge in [0.2, 0.25) is 5.43 Å². The third-order valence-electron chi connectivity index (χ3n) is 5.29. The number of hydrogen-bond donors (Lipinski definition) is 1. The lowest BCUT2D eigenvalue weighted by Gasteiger charge is -2.28. The normalized spacial score (nSPS) is 15.4. The SMILES string of the molecule is CC1COc2c(-c3cc(Cl)c4ncccc4c3)ccc3c(=O)c(C(=O)O)cn1c23. The molecule has 29 heavy (non-hydrogen) atoms. The molecule has 1 N–H and O–H groups in total. The van der Waals surface area contributed by atoms with Gasteiger partial charge >= 0.3 is 5.97 Å². The van der Waals surface area contributed by atoms with E-state index in [4.69, 9.17) is 16.3 Å². The number of hydrogen-bond acceptors (Lipinski definition) is 4. The molecule has 1 aliphatic heterocycles. The van der Waals surface area contributed by atoms with Crippen LogP contribution in [0, 0.1) is 0 Å². The molecule has 1 aliphatic rings. The first-order valence-electron chi connectivity index (χ1n) is 9.08. The smallest absolute Gasteiger partial charge is 0.341 e. The maximum absolute atomic E-state index is 12.7. The van der Waals surface area contributed by atoms with Crippen LogP contribution in [-0.4, -0.2) is 27.2 Å². The van der Waals surface area contributed by atoms with Crippen molar-refractivity contribution in [3.8, 4) is 16.9 Å². The van der Waals surface area contributed by atoms with E-state index in [9.17, 15) is 14.7 Å². The summed E-state index contributed by atoms with van der Waals surface area (Å²) in [5.74, 6) is -0.687. The first kappa shape index (κ1) is 17.7. The molecule has 3 heterocycles. The fraction of sp³-hybridized carbons (Fsp3) is 0.136. The van der Waals surface area contributed by atoms with Crippen LogP contribution in [0.1, 0.15) is 23.3 Å². The number of carbonyl (C=O) groups is 1. The highest BCUT2D eigenvalue weighted by molar-refractivity contribution is 6.35. The number of aromatic nitrogens is 2. The maximum atomic E-state index is 12.7. The molecule has 0 amide bonds. The summed E-state index contributed by atoms with van der Waals surface area (Å²) in [6.45, 7) is 2.29. The van der Waals surface area contributed by atoms with E-state index in [2.05, 4.69) is 4.98 Å². The molecule has 4 aromatic rings. The Kier molecular flexibility index (Phi) is 3.86. The van der Waals surface area contributed by atoms with Gasteiger partial charge in [0.05, 0.1) is 27.5 Å².